The number of ether oxygens (including phenoxy) is 2. The van der Waals surface area contributed by atoms with Crippen molar-refractivity contribution in [1.29, 1.82) is 0 Å². The van der Waals surface area contributed by atoms with Crippen LogP contribution in [0.25, 0.3) is 0 Å². The molecule has 0 amide bonds. The first-order valence-corrected chi connectivity index (χ1v) is 7.31. The average molecular weight is 327 g/mol. The van der Waals surface area contributed by atoms with Crippen molar-refractivity contribution in [2.45, 2.75) is 32.1 Å². The highest BCUT2D eigenvalue weighted by molar-refractivity contribution is 9.10. The van der Waals surface area contributed by atoms with E-state index in [4.69, 9.17) is 14.6 Å². The number of fused-ring (bicyclic) bond motifs is 2. The van der Waals surface area contributed by atoms with Gasteiger partial charge in [0.2, 0.25) is 0 Å². The number of hydrogen-bond donors (Lipinski definition) is 1. The fourth-order valence-electron chi connectivity index (χ4n) is 2.82. The number of halogens is 1. The van der Waals surface area contributed by atoms with Gasteiger partial charge in [0, 0.05) is 16.7 Å². The molecule has 3 rings (SSSR count). The number of hydrogen-bond acceptors (Lipinski definition) is 3. The summed E-state index contributed by atoms with van der Waals surface area (Å²) in [7, 11) is 0. The third-order valence-corrected chi connectivity index (χ3v) is 4.45. The van der Waals surface area contributed by atoms with Crippen LogP contribution in [0.1, 0.15) is 29.5 Å². The normalized spacial score (nSPS) is 16.9. The largest absolute Gasteiger partial charge is 0.493 e. The van der Waals surface area contributed by atoms with Gasteiger partial charge in [-0.15, -0.1) is 0 Å². The number of benzene rings is 1. The Morgan fingerprint density at radius 1 is 1.11 bits per heavy atom. The molecule has 1 aromatic rings. The van der Waals surface area contributed by atoms with E-state index in [-0.39, 0.29) is 6.42 Å². The van der Waals surface area contributed by atoms with Crippen LogP contribution in [0.4, 0.5) is 0 Å². The fraction of sp³-hybridized carbons (Fsp3) is 0.500. The van der Waals surface area contributed by atoms with Crippen molar-refractivity contribution in [3.05, 3.63) is 21.2 Å². The molecule has 0 unspecified atom stereocenters. The van der Waals surface area contributed by atoms with Gasteiger partial charge in [-0.2, -0.15) is 0 Å². The molecule has 5 heteroatoms. The van der Waals surface area contributed by atoms with Gasteiger partial charge in [-0.1, -0.05) is 0 Å². The van der Waals surface area contributed by atoms with E-state index < -0.39 is 5.97 Å². The predicted octanol–water partition coefficient (Wildman–Crippen LogP) is 2.73. The minimum Gasteiger partial charge on any atom is -0.493 e. The summed E-state index contributed by atoms with van der Waals surface area (Å²) in [5, 5.41) is 9.13. The zero-order chi connectivity index (χ0) is 13.4. The predicted molar refractivity (Wildman–Crippen MR) is 73.1 cm³/mol. The van der Waals surface area contributed by atoms with Crippen molar-refractivity contribution in [2.24, 2.45) is 0 Å². The van der Waals surface area contributed by atoms with E-state index in [1.807, 2.05) is 0 Å². The molecule has 0 spiro atoms. The topological polar surface area (TPSA) is 55.8 Å². The Hall–Kier alpha value is -1.23. The van der Waals surface area contributed by atoms with Gasteiger partial charge in [0.25, 0.3) is 0 Å². The lowest BCUT2D eigenvalue weighted by molar-refractivity contribution is -0.136. The monoisotopic (exact) mass is 326 g/mol. The second-order valence-electron chi connectivity index (χ2n) is 4.88. The van der Waals surface area contributed by atoms with Crippen molar-refractivity contribution in [1.82, 2.24) is 0 Å². The lowest BCUT2D eigenvalue weighted by atomic mass is 9.91. The van der Waals surface area contributed by atoms with Crippen LogP contribution in [0, 0.1) is 0 Å². The summed E-state index contributed by atoms with van der Waals surface area (Å²) in [5.41, 5.74) is 2.87. The Kier molecular flexibility index (Phi) is 3.39. The average Bonchev–Trinajstić information content (AvgIpc) is 2.43. The SMILES string of the molecule is O=C(O)Cc1c2c(c(Br)c3c1OCCC3)OCCC2. The van der Waals surface area contributed by atoms with E-state index in [9.17, 15) is 4.79 Å². The lowest BCUT2D eigenvalue weighted by Crippen LogP contribution is -2.19. The third-order valence-electron chi connectivity index (χ3n) is 3.61. The summed E-state index contributed by atoms with van der Waals surface area (Å²) in [6.45, 7) is 1.35. The van der Waals surface area contributed by atoms with Gasteiger partial charge in [-0.3, -0.25) is 4.79 Å². The first-order chi connectivity index (χ1) is 9.18. The van der Waals surface area contributed by atoms with Gasteiger partial charge in [0.15, 0.2) is 0 Å². The van der Waals surface area contributed by atoms with Crippen molar-refractivity contribution < 1.29 is 19.4 Å². The molecule has 0 saturated heterocycles. The first kappa shape index (κ1) is 12.8. The van der Waals surface area contributed by atoms with E-state index >= 15 is 0 Å². The minimum atomic E-state index is -0.827. The van der Waals surface area contributed by atoms with Crippen molar-refractivity contribution >= 4 is 21.9 Å². The van der Waals surface area contributed by atoms with Crippen molar-refractivity contribution in [2.75, 3.05) is 13.2 Å². The second-order valence-corrected chi connectivity index (χ2v) is 5.68. The summed E-state index contributed by atoms with van der Waals surface area (Å²) in [5.74, 6) is 0.767. The molecule has 0 aromatic heterocycles. The van der Waals surface area contributed by atoms with Crippen LogP contribution < -0.4 is 9.47 Å². The van der Waals surface area contributed by atoms with E-state index in [1.165, 1.54) is 0 Å². The van der Waals surface area contributed by atoms with Gasteiger partial charge in [0.05, 0.1) is 24.1 Å². The third kappa shape index (κ3) is 2.20. The summed E-state index contributed by atoms with van der Waals surface area (Å²) < 4.78 is 12.5. The molecule has 4 nitrogen and oxygen atoms in total. The molecule has 19 heavy (non-hydrogen) atoms. The molecule has 102 valence electrons. The number of aliphatic carboxylic acids is 1. The molecule has 2 aliphatic rings. The van der Waals surface area contributed by atoms with Gasteiger partial charge in [0.1, 0.15) is 11.5 Å². The fourth-order valence-corrected chi connectivity index (χ4v) is 3.55. The molecule has 2 aliphatic heterocycles. The van der Waals surface area contributed by atoms with Crippen LogP contribution in [0.5, 0.6) is 11.5 Å². The Morgan fingerprint density at radius 2 is 1.74 bits per heavy atom. The molecule has 0 fully saturated rings. The molecule has 1 N–H and O–H groups in total. The Morgan fingerprint density at radius 3 is 2.42 bits per heavy atom. The molecule has 0 saturated carbocycles. The highest BCUT2D eigenvalue weighted by atomic mass is 79.9. The molecule has 0 atom stereocenters. The smallest absolute Gasteiger partial charge is 0.307 e. The van der Waals surface area contributed by atoms with Gasteiger partial charge in [-0.25, -0.2) is 0 Å². The Labute approximate surface area is 119 Å². The lowest BCUT2D eigenvalue weighted by Gasteiger charge is -2.28. The standard InChI is InChI=1S/C14H15BrO4/c15-12-9-4-2-5-18-13(9)10(7-11(16)17)8-3-1-6-19-14(8)12/h1-7H2,(H,16,17). The number of rotatable bonds is 2. The maximum atomic E-state index is 11.1. The number of carboxylic acid groups (broad SMARTS) is 1. The van der Waals surface area contributed by atoms with Gasteiger partial charge < -0.3 is 14.6 Å². The van der Waals surface area contributed by atoms with Crippen molar-refractivity contribution in [3.8, 4) is 11.5 Å². The van der Waals surface area contributed by atoms with Crippen LogP contribution in [0.15, 0.2) is 4.47 Å². The maximum absolute atomic E-state index is 11.1. The zero-order valence-corrected chi connectivity index (χ0v) is 12.1. The van der Waals surface area contributed by atoms with E-state index in [2.05, 4.69) is 15.9 Å². The van der Waals surface area contributed by atoms with Gasteiger partial charge in [-0.05, 0) is 41.6 Å². The molecular weight excluding hydrogens is 312 g/mol. The van der Waals surface area contributed by atoms with Crippen molar-refractivity contribution in [3.63, 3.8) is 0 Å². The van der Waals surface area contributed by atoms with Gasteiger partial charge >= 0.3 is 5.97 Å². The molecule has 0 aliphatic carbocycles. The highest BCUT2D eigenvalue weighted by Gasteiger charge is 2.29. The molecule has 2 heterocycles. The summed E-state index contributed by atoms with van der Waals surface area (Å²) in [6.07, 6.45) is 3.63. The number of carbonyl (C=O) groups is 1. The minimum absolute atomic E-state index is 0.00130. The maximum Gasteiger partial charge on any atom is 0.307 e. The molecular formula is C14H15BrO4. The highest BCUT2D eigenvalue weighted by Crippen LogP contribution is 2.46. The van der Waals surface area contributed by atoms with Crippen LogP contribution in [0.3, 0.4) is 0 Å². The second kappa shape index (κ2) is 5.04. The van der Waals surface area contributed by atoms with Crippen LogP contribution in [0.2, 0.25) is 0 Å². The number of carboxylic acids is 1. The summed E-state index contributed by atoms with van der Waals surface area (Å²) in [4.78, 5) is 11.1. The van der Waals surface area contributed by atoms with E-state index in [0.717, 1.165) is 58.3 Å². The zero-order valence-electron chi connectivity index (χ0n) is 10.5. The van der Waals surface area contributed by atoms with E-state index in [0.29, 0.717) is 13.2 Å². The van der Waals surface area contributed by atoms with Crippen LogP contribution in [-0.4, -0.2) is 24.3 Å². The van der Waals surface area contributed by atoms with E-state index in [1.54, 1.807) is 0 Å². The Balaban J connectivity index is 2.21. The summed E-state index contributed by atoms with van der Waals surface area (Å²) in [6, 6.07) is 0. The molecule has 1 aromatic carbocycles. The Bertz CT molecular complexity index is 502. The quantitative estimate of drug-likeness (QED) is 0.907. The van der Waals surface area contributed by atoms with Crippen LogP contribution >= 0.6 is 15.9 Å². The summed E-state index contributed by atoms with van der Waals surface area (Å²) >= 11 is 3.60. The molecule has 0 bridgehead atoms. The first-order valence-electron chi connectivity index (χ1n) is 6.52. The van der Waals surface area contributed by atoms with Crippen LogP contribution in [-0.2, 0) is 24.1 Å². The molecule has 0 radical (unpaired) electrons.